The second-order valence-corrected chi connectivity index (χ2v) is 4.45. The van der Waals surface area contributed by atoms with E-state index in [9.17, 15) is 4.79 Å². The van der Waals surface area contributed by atoms with Crippen molar-refractivity contribution in [1.29, 1.82) is 0 Å². The molecule has 1 saturated carbocycles. The Morgan fingerprint density at radius 2 is 2.20 bits per heavy atom. The molecule has 1 saturated heterocycles. The maximum atomic E-state index is 11.1. The molecule has 0 bridgehead atoms. The minimum absolute atomic E-state index is 0.204. The number of hydrogen-bond acceptors (Lipinski definition) is 3. The molecular formula is C12H19NO2. The minimum Gasteiger partial charge on any atom is -0.466 e. The molecule has 0 unspecified atom stereocenters. The van der Waals surface area contributed by atoms with Crippen molar-refractivity contribution in [3.05, 3.63) is 11.6 Å². The summed E-state index contributed by atoms with van der Waals surface area (Å²) in [5, 5.41) is 0. The maximum absolute atomic E-state index is 11.1. The first-order chi connectivity index (χ1) is 7.29. The molecule has 0 aromatic heterocycles. The first-order valence-corrected chi connectivity index (χ1v) is 5.81. The number of carbonyl (C=O) groups excluding carboxylic acids is 1. The third kappa shape index (κ3) is 3.06. The molecule has 0 N–H and O–H groups in total. The summed E-state index contributed by atoms with van der Waals surface area (Å²) >= 11 is 0. The van der Waals surface area contributed by atoms with Crippen LogP contribution in [-0.4, -0.2) is 37.1 Å². The third-order valence-corrected chi connectivity index (χ3v) is 3.25. The van der Waals surface area contributed by atoms with Gasteiger partial charge in [-0.15, -0.1) is 0 Å². The van der Waals surface area contributed by atoms with Gasteiger partial charge in [-0.05, 0) is 38.6 Å². The zero-order valence-electron chi connectivity index (χ0n) is 9.37. The van der Waals surface area contributed by atoms with Gasteiger partial charge in [-0.1, -0.05) is 5.57 Å². The Morgan fingerprint density at radius 1 is 1.40 bits per heavy atom. The van der Waals surface area contributed by atoms with E-state index < -0.39 is 0 Å². The zero-order chi connectivity index (χ0) is 10.7. The van der Waals surface area contributed by atoms with Crippen LogP contribution in [0.4, 0.5) is 0 Å². The predicted molar refractivity (Wildman–Crippen MR) is 58.5 cm³/mol. The van der Waals surface area contributed by atoms with Crippen LogP contribution in [-0.2, 0) is 9.53 Å². The summed E-state index contributed by atoms with van der Waals surface area (Å²) in [5.74, 6) is -0.204. The second-order valence-electron chi connectivity index (χ2n) is 4.45. The lowest BCUT2D eigenvalue weighted by Crippen LogP contribution is -2.26. The Balaban J connectivity index is 1.88. The first-order valence-electron chi connectivity index (χ1n) is 5.81. The molecule has 1 aliphatic heterocycles. The van der Waals surface area contributed by atoms with Gasteiger partial charge in [-0.3, -0.25) is 0 Å². The van der Waals surface area contributed by atoms with Crippen LogP contribution in [0.25, 0.3) is 0 Å². The van der Waals surface area contributed by atoms with E-state index in [1.807, 2.05) is 0 Å². The van der Waals surface area contributed by atoms with Crippen LogP contribution in [0, 0.1) is 0 Å². The number of hydrogen-bond donors (Lipinski definition) is 0. The first kappa shape index (κ1) is 10.7. The van der Waals surface area contributed by atoms with Gasteiger partial charge in [-0.25, -0.2) is 4.79 Å². The van der Waals surface area contributed by atoms with Crippen molar-refractivity contribution in [1.82, 2.24) is 4.90 Å². The summed E-state index contributed by atoms with van der Waals surface area (Å²) in [6, 6.07) is 0.850. The molecule has 2 rings (SSSR count). The van der Waals surface area contributed by atoms with Crippen LogP contribution in [0.2, 0.25) is 0 Å². The Labute approximate surface area is 91.1 Å². The molecule has 0 atom stereocenters. The highest BCUT2D eigenvalue weighted by atomic mass is 16.5. The largest absolute Gasteiger partial charge is 0.466 e. The normalized spacial score (nSPS) is 26.3. The fraction of sp³-hybridized carbons (Fsp3) is 0.750. The van der Waals surface area contributed by atoms with Crippen molar-refractivity contribution < 1.29 is 9.53 Å². The molecule has 3 heteroatoms. The van der Waals surface area contributed by atoms with Gasteiger partial charge in [0.2, 0.25) is 0 Å². The molecule has 0 radical (unpaired) electrons. The van der Waals surface area contributed by atoms with E-state index in [-0.39, 0.29) is 5.97 Å². The summed E-state index contributed by atoms with van der Waals surface area (Å²) < 4.78 is 4.65. The zero-order valence-corrected chi connectivity index (χ0v) is 9.37. The van der Waals surface area contributed by atoms with Crippen molar-refractivity contribution in [2.45, 2.75) is 38.1 Å². The Morgan fingerprint density at radius 3 is 2.87 bits per heavy atom. The smallest absolute Gasteiger partial charge is 0.330 e. The van der Waals surface area contributed by atoms with Gasteiger partial charge in [0.1, 0.15) is 0 Å². The van der Waals surface area contributed by atoms with E-state index in [2.05, 4.69) is 9.64 Å². The number of likely N-dealkylation sites (tertiary alicyclic amines) is 1. The van der Waals surface area contributed by atoms with Crippen LogP contribution in [0.5, 0.6) is 0 Å². The monoisotopic (exact) mass is 209 g/mol. The lowest BCUT2D eigenvalue weighted by atomic mass is 10.1. The number of carbonyl (C=O) groups is 1. The highest BCUT2D eigenvalue weighted by Crippen LogP contribution is 2.29. The predicted octanol–water partition coefficient (Wildman–Crippen LogP) is 1.73. The lowest BCUT2D eigenvalue weighted by Gasteiger charge is -2.18. The number of nitrogens with zero attached hydrogens (tertiary/aromatic N) is 1. The molecule has 0 amide bonds. The van der Waals surface area contributed by atoms with Crippen LogP contribution in [0.3, 0.4) is 0 Å². The molecule has 0 aromatic rings. The maximum Gasteiger partial charge on any atom is 0.330 e. The topological polar surface area (TPSA) is 29.5 Å². The fourth-order valence-electron chi connectivity index (χ4n) is 2.21. The average molecular weight is 209 g/mol. The van der Waals surface area contributed by atoms with E-state index in [0.29, 0.717) is 0 Å². The van der Waals surface area contributed by atoms with Crippen LogP contribution in [0.15, 0.2) is 11.6 Å². The molecule has 3 nitrogen and oxygen atoms in total. The highest BCUT2D eigenvalue weighted by Gasteiger charge is 2.29. The molecule has 2 aliphatic rings. The summed E-state index contributed by atoms with van der Waals surface area (Å²) in [5.41, 5.74) is 1.25. The van der Waals surface area contributed by atoms with Gasteiger partial charge in [0, 0.05) is 18.7 Å². The van der Waals surface area contributed by atoms with Gasteiger partial charge in [-0.2, -0.15) is 0 Å². The molecule has 84 valence electrons. The SMILES string of the molecule is COC(=O)/C=C1\CCCN(C2CC2)CC1. The number of esters is 1. The number of ether oxygens (including phenoxy) is 1. The molecule has 1 heterocycles. The summed E-state index contributed by atoms with van der Waals surface area (Å²) in [7, 11) is 1.44. The highest BCUT2D eigenvalue weighted by molar-refractivity contribution is 5.82. The molecule has 0 aromatic carbocycles. The van der Waals surface area contributed by atoms with Gasteiger partial charge < -0.3 is 9.64 Å². The minimum atomic E-state index is -0.204. The fourth-order valence-corrected chi connectivity index (χ4v) is 2.21. The van der Waals surface area contributed by atoms with Gasteiger partial charge in [0.25, 0.3) is 0 Å². The Hall–Kier alpha value is -0.830. The summed E-state index contributed by atoms with van der Waals surface area (Å²) in [6.07, 6.45) is 7.69. The summed E-state index contributed by atoms with van der Waals surface area (Å²) in [4.78, 5) is 13.7. The summed E-state index contributed by atoms with van der Waals surface area (Å²) in [6.45, 7) is 2.32. The van der Waals surface area contributed by atoms with Crippen molar-refractivity contribution in [3.8, 4) is 0 Å². The van der Waals surface area contributed by atoms with Crippen LogP contribution < -0.4 is 0 Å². The second kappa shape index (κ2) is 4.79. The van der Waals surface area contributed by atoms with Crippen LogP contribution >= 0.6 is 0 Å². The standard InChI is InChI=1S/C12H19NO2/c1-15-12(14)9-10-3-2-7-13(8-6-10)11-4-5-11/h9,11H,2-8H2,1H3/b10-9+. The quantitative estimate of drug-likeness (QED) is 0.512. The third-order valence-electron chi connectivity index (χ3n) is 3.25. The van der Waals surface area contributed by atoms with Crippen molar-refractivity contribution in [2.75, 3.05) is 20.2 Å². The van der Waals surface area contributed by atoms with E-state index in [0.717, 1.165) is 25.4 Å². The number of rotatable bonds is 2. The molecule has 15 heavy (non-hydrogen) atoms. The van der Waals surface area contributed by atoms with Crippen molar-refractivity contribution >= 4 is 5.97 Å². The molecule has 0 spiro atoms. The molecule has 2 fully saturated rings. The van der Waals surface area contributed by atoms with Crippen molar-refractivity contribution in [3.63, 3.8) is 0 Å². The van der Waals surface area contributed by atoms with Crippen LogP contribution in [0.1, 0.15) is 32.1 Å². The molecular weight excluding hydrogens is 190 g/mol. The van der Waals surface area contributed by atoms with E-state index in [4.69, 9.17) is 0 Å². The van der Waals surface area contributed by atoms with Gasteiger partial charge >= 0.3 is 5.97 Å². The molecule has 1 aliphatic carbocycles. The Bertz CT molecular complexity index is 269. The van der Waals surface area contributed by atoms with Crippen molar-refractivity contribution in [2.24, 2.45) is 0 Å². The van der Waals surface area contributed by atoms with E-state index in [1.165, 1.54) is 38.5 Å². The van der Waals surface area contributed by atoms with E-state index in [1.54, 1.807) is 6.08 Å². The Kier molecular flexibility index (Phi) is 3.41. The number of methoxy groups -OCH3 is 1. The average Bonchev–Trinajstić information content (AvgIpc) is 3.03. The lowest BCUT2D eigenvalue weighted by molar-refractivity contribution is -0.134. The van der Waals surface area contributed by atoms with Gasteiger partial charge in [0.05, 0.1) is 7.11 Å². The van der Waals surface area contributed by atoms with Gasteiger partial charge in [0.15, 0.2) is 0 Å². The van der Waals surface area contributed by atoms with E-state index >= 15 is 0 Å².